The minimum atomic E-state index is -0.0975. The van der Waals surface area contributed by atoms with E-state index in [1.807, 2.05) is 24.3 Å². The summed E-state index contributed by atoms with van der Waals surface area (Å²) in [6, 6.07) is 18.3. The van der Waals surface area contributed by atoms with E-state index in [9.17, 15) is 9.59 Å². The molecule has 1 aliphatic rings. The van der Waals surface area contributed by atoms with Crippen LogP contribution in [0.2, 0.25) is 0 Å². The number of nitrogens with one attached hydrogen (secondary N) is 2. The zero-order valence-corrected chi connectivity index (χ0v) is 15.7. The molecule has 1 saturated carbocycles. The average Bonchev–Trinajstić information content (AvgIpc) is 2.68. The van der Waals surface area contributed by atoms with Crippen molar-refractivity contribution in [2.45, 2.75) is 44.6 Å². The molecule has 3 rings (SSSR count). The van der Waals surface area contributed by atoms with Crippen LogP contribution in [0.15, 0.2) is 60.7 Å². The molecular weight excluding hydrogens is 336 g/mol. The Morgan fingerprint density at radius 1 is 0.926 bits per heavy atom. The highest BCUT2D eigenvalue weighted by Crippen LogP contribution is 2.32. The third-order valence-electron chi connectivity index (χ3n) is 5.00. The Hall–Kier alpha value is -2.88. The maximum atomic E-state index is 12.2. The van der Waals surface area contributed by atoms with Gasteiger partial charge in [0.15, 0.2) is 0 Å². The van der Waals surface area contributed by atoms with Crippen molar-refractivity contribution in [2.24, 2.45) is 0 Å². The van der Waals surface area contributed by atoms with Gasteiger partial charge in [0.25, 0.3) is 0 Å². The highest BCUT2D eigenvalue weighted by molar-refractivity contribution is 5.92. The Morgan fingerprint density at radius 2 is 1.59 bits per heavy atom. The van der Waals surface area contributed by atoms with E-state index in [1.54, 1.807) is 12.2 Å². The predicted octanol–water partition coefficient (Wildman–Crippen LogP) is 4.50. The van der Waals surface area contributed by atoms with Gasteiger partial charge >= 0.3 is 0 Å². The van der Waals surface area contributed by atoms with E-state index in [1.165, 1.54) is 12.5 Å². The summed E-state index contributed by atoms with van der Waals surface area (Å²) < 4.78 is 0. The highest BCUT2D eigenvalue weighted by Gasteiger charge is 2.22. The summed E-state index contributed by atoms with van der Waals surface area (Å²) in [7, 11) is 0. The lowest BCUT2D eigenvalue weighted by molar-refractivity contribution is -0.117. The minimum Gasteiger partial charge on any atom is -0.350 e. The standard InChI is InChI=1S/C23H26N2O2/c1-17(26)24-21-12-7-18(8-13-21)9-16-23(27)25-22-14-10-20(11-15-22)19-5-3-2-4-6-19/h2-9,12-13,16,20,22H,10-11,14-15H2,1H3,(H,24,26)(H,25,27)/b16-9+. The Morgan fingerprint density at radius 3 is 2.22 bits per heavy atom. The molecular formula is C23H26N2O2. The van der Waals surface area contributed by atoms with E-state index in [2.05, 4.69) is 41.0 Å². The van der Waals surface area contributed by atoms with Gasteiger partial charge in [-0.25, -0.2) is 0 Å². The van der Waals surface area contributed by atoms with Gasteiger partial charge in [-0.1, -0.05) is 42.5 Å². The van der Waals surface area contributed by atoms with E-state index < -0.39 is 0 Å². The van der Waals surface area contributed by atoms with Gasteiger partial charge in [0.05, 0.1) is 0 Å². The summed E-state index contributed by atoms with van der Waals surface area (Å²) in [5.41, 5.74) is 3.08. The second-order valence-corrected chi connectivity index (χ2v) is 7.10. The van der Waals surface area contributed by atoms with Crippen LogP contribution >= 0.6 is 0 Å². The van der Waals surface area contributed by atoms with Crippen LogP contribution in [0.3, 0.4) is 0 Å². The lowest BCUT2D eigenvalue weighted by atomic mass is 9.82. The number of hydrogen-bond donors (Lipinski definition) is 2. The van der Waals surface area contributed by atoms with Gasteiger partial charge in [0.2, 0.25) is 11.8 Å². The van der Waals surface area contributed by atoms with Crippen LogP contribution in [0.4, 0.5) is 5.69 Å². The van der Waals surface area contributed by atoms with E-state index in [0.29, 0.717) is 5.92 Å². The normalized spacial score (nSPS) is 19.6. The van der Waals surface area contributed by atoms with Crippen molar-refractivity contribution in [3.8, 4) is 0 Å². The first-order valence-corrected chi connectivity index (χ1v) is 9.51. The maximum absolute atomic E-state index is 12.2. The largest absolute Gasteiger partial charge is 0.350 e. The van der Waals surface area contributed by atoms with Crippen molar-refractivity contribution in [3.63, 3.8) is 0 Å². The summed E-state index contributed by atoms with van der Waals surface area (Å²) in [4.78, 5) is 23.2. The van der Waals surface area contributed by atoms with Crippen molar-refractivity contribution in [3.05, 3.63) is 71.8 Å². The van der Waals surface area contributed by atoms with E-state index in [0.717, 1.165) is 36.9 Å². The van der Waals surface area contributed by atoms with Crippen molar-refractivity contribution in [1.29, 1.82) is 0 Å². The Kier molecular flexibility index (Phi) is 6.42. The monoisotopic (exact) mass is 362 g/mol. The lowest BCUT2D eigenvalue weighted by Crippen LogP contribution is -2.36. The van der Waals surface area contributed by atoms with Crippen LogP contribution in [0.1, 0.15) is 49.7 Å². The zero-order valence-electron chi connectivity index (χ0n) is 15.7. The van der Waals surface area contributed by atoms with Crippen molar-refractivity contribution in [1.82, 2.24) is 5.32 Å². The molecule has 0 unspecified atom stereocenters. The smallest absolute Gasteiger partial charge is 0.244 e. The first kappa shape index (κ1) is 18.9. The van der Waals surface area contributed by atoms with Gasteiger partial charge in [-0.3, -0.25) is 9.59 Å². The molecule has 0 aromatic heterocycles. The van der Waals surface area contributed by atoms with Gasteiger partial charge < -0.3 is 10.6 Å². The summed E-state index contributed by atoms with van der Waals surface area (Å²) >= 11 is 0. The minimum absolute atomic E-state index is 0.0518. The molecule has 4 nitrogen and oxygen atoms in total. The molecule has 2 aromatic rings. The van der Waals surface area contributed by atoms with Gasteiger partial charge in [-0.05, 0) is 60.9 Å². The maximum Gasteiger partial charge on any atom is 0.244 e. The van der Waals surface area contributed by atoms with Crippen LogP contribution in [-0.4, -0.2) is 17.9 Å². The van der Waals surface area contributed by atoms with Gasteiger partial charge in [0, 0.05) is 24.7 Å². The fourth-order valence-electron chi connectivity index (χ4n) is 3.60. The molecule has 4 heteroatoms. The van der Waals surface area contributed by atoms with Crippen LogP contribution in [0, 0.1) is 0 Å². The van der Waals surface area contributed by atoms with Crippen molar-refractivity contribution < 1.29 is 9.59 Å². The number of anilines is 1. The number of carbonyl (C=O) groups is 2. The van der Waals surface area contributed by atoms with Gasteiger partial charge in [0.1, 0.15) is 0 Å². The molecule has 0 saturated heterocycles. The molecule has 0 radical (unpaired) electrons. The molecule has 0 bridgehead atoms. The third-order valence-corrected chi connectivity index (χ3v) is 5.00. The first-order valence-electron chi connectivity index (χ1n) is 9.51. The second-order valence-electron chi connectivity index (χ2n) is 7.10. The molecule has 0 atom stereocenters. The number of hydrogen-bond acceptors (Lipinski definition) is 2. The molecule has 2 amide bonds. The number of amides is 2. The topological polar surface area (TPSA) is 58.2 Å². The molecule has 2 aromatic carbocycles. The number of carbonyl (C=O) groups excluding carboxylic acids is 2. The third kappa shape index (κ3) is 5.81. The lowest BCUT2D eigenvalue weighted by Gasteiger charge is -2.29. The fourth-order valence-corrected chi connectivity index (χ4v) is 3.60. The predicted molar refractivity (Wildman–Crippen MR) is 109 cm³/mol. The van der Waals surface area contributed by atoms with Crippen molar-refractivity contribution in [2.75, 3.05) is 5.32 Å². The second kappa shape index (κ2) is 9.17. The van der Waals surface area contributed by atoms with E-state index in [4.69, 9.17) is 0 Å². The Bertz CT molecular complexity index is 789. The molecule has 1 aliphatic carbocycles. The molecule has 1 fully saturated rings. The van der Waals surface area contributed by atoms with Crippen molar-refractivity contribution >= 4 is 23.6 Å². The molecule has 140 valence electrons. The van der Waals surface area contributed by atoms with Crippen LogP contribution in [0.25, 0.3) is 6.08 Å². The summed E-state index contributed by atoms with van der Waals surface area (Å²) in [6.45, 7) is 1.48. The van der Waals surface area contributed by atoms with E-state index in [-0.39, 0.29) is 17.9 Å². The molecule has 0 aliphatic heterocycles. The quantitative estimate of drug-likeness (QED) is 0.770. The van der Waals surface area contributed by atoms with Crippen LogP contribution < -0.4 is 10.6 Å². The summed E-state index contributed by atoms with van der Waals surface area (Å²) in [5.74, 6) is 0.459. The fraction of sp³-hybridized carbons (Fsp3) is 0.304. The van der Waals surface area contributed by atoms with Crippen LogP contribution in [0.5, 0.6) is 0 Å². The number of benzene rings is 2. The highest BCUT2D eigenvalue weighted by atomic mass is 16.2. The van der Waals surface area contributed by atoms with Gasteiger partial charge in [-0.2, -0.15) is 0 Å². The Balaban J connectivity index is 1.45. The molecule has 0 heterocycles. The molecule has 0 spiro atoms. The summed E-state index contributed by atoms with van der Waals surface area (Å²) in [5, 5.41) is 5.84. The molecule has 2 N–H and O–H groups in total. The van der Waals surface area contributed by atoms with Crippen LogP contribution in [-0.2, 0) is 9.59 Å². The zero-order chi connectivity index (χ0) is 19.1. The summed E-state index contributed by atoms with van der Waals surface area (Å²) in [6.07, 6.45) is 7.64. The SMILES string of the molecule is CC(=O)Nc1ccc(/C=C/C(=O)NC2CCC(c3ccccc3)CC2)cc1. The molecule has 27 heavy (non-hydrogen) atoms. The van der Waals surface area contributed by atoms with E-state index >= 15 is 0 Å². The first-order chi connectivity index (χ1) is 13.1. The average molecular weight is 362 g/mol. The Labute approximate surface area is 160 Å². The van der Waals surface area contributed by atoms with Gasteiger partial charge in [-0.15, -0.1) is 0 Å². The number of rotatable bonds is 5.